The van der Waals surface area contributed by atoms with Crippen LogP contribution in [0.5, 0.6) is 5.75 Å². The van der Waals surface area contributed by atoms with E-state index in [9.17, 15) is 14.3 Å². The summed E-state index contributed by atoms with van der Waals surface area (Å²) in [5.41, 5.74) is 1.29. The van der Waals surface area contributed by atoms with E-state index in [1.54, 1.807) is 24.9 Å². The van der Waals surface area contributed by atoms with E-state index in [2.05, 4.69) is 30.5 Å². The Hall–Kier alpha value is -3.22. The highest BCUT2D eigenvalue weighted by molar-refractivity contribution is 7.97. The molecule has 2 aromatic heterocycles. The third-order valence-electron chi connectivity index (χ3n) is 6.82. The molecule has 0 bridgehead atoms. The van der Waals surface area contributed by atoms with Gasteiger partial charge in [-0.05, 0) is 61.4 Å². The molecule has 1 unspecified atom stereocenters. The number of aromatic nitrogens is 4. The van der Waals surface area contributed by atoms with E-state index < -0.39 is 17.8 Å². The highest BCUT2D eigenvalue weighted by Gasteiger charge is 2.28. The normalized spacial score (nSPS) is 15.4. The summed E-state index contributed by atoms with van der Waals surface area (Å²) in [4.78, 5) is 21.3. The maximum Gasteiger partial charge on any atom is 0.270 e. The van der Waals surface area contributed by atoms with Gasteiger partial charge in [-0.15, -0.1) is 0 Å². The molecule has 4 rings (SSSR count). The number of methoxy groups -OCH3 is 1. The van der Waals surface area contributed by atoms with Crippen LogP contribution in [-0.4, -0.2) is 66.7 Å². The Morgan fingerprint density at radius 2 is 1.97 bits per heavy atom. The van der Waals surface area contributed by atoms with E-state index in [0.717, 1.165) is 25.9 Å². The van der Waals surface area contributed by atoms with Gasteiger partial charge < -0.3 is 20.6 Å². The van der Waals surface area contributed by atoms with Crippen LogP contribution in [0.4, 0.5) is 4.39 Å². The molecule has 1 fully saturated rings. The largest absolute Gasteiger partial charge is 0.494 e. The van der Waals surface area contributed by atoms with Crippen molar-refractivity contribution < 1.29 is 19.0 Å². The number of nitrogens with zero attached hydrogens (tertiary/aromatic N) is 5. The van der Waals surface area contributed by atoms with E-state index >= 15 is 0 Å². The van der Waals surface area contributed by atoms with Crippen LogP contribution >= 0.6 is 11.9 Å². The highest BCUT2D eigenvalue weighted by Crippen LogP contribution is 2.31. The lowest BCUT2D eigenvalue weighted by Gasteiger charge is -2.34. The molecule has 3 N–H and O–H groups in total. The number of carbonyl (C=O) groups excluding carboxylic acids is 1. The minimum Gasteiger partial charge on any atom is -0.494 e. The fraction of sp³-hybridized carbons (Fsp3) is 0.462. The van der Waals surface area contributed by atoms with Crippen molar-refractivity contribution in [2.45, 2.75) is 43.9 Å². The molecule has 0 saturated carbocycles. The number of nitrogens with one attached hydrogen (secondary N) is 2. The van der Waals surface area contributed by atoms with Gasteiger partial charge in [0.2, 0.25) is 0 Å². The number of amides is 1. The quantitative estimate of drug-likeness (QED) is 0.265. The number of aliphatic hydroxyl groups excluding tert-OH is 1. The molecule has 12 heteroatoms. The van der Waals surface area contributed by atoms with Crippen LogP contribution in [0.15, 0.2) is 35.5 Å². The zero-order valence-electron chi connectivity index (χ0n) is 22.1. The van der Waals surface area contributed by atoms with Gasteiger partial charge >= 0.3 is 0 Å². The van der Waals surface area contributed by atoms with Crippen LogP contribution in [0, 0.1) is 24.1 Å². The summed E-state index contributed by atoms with van der Waals surface area (Å²) in [5.74, 6) is -0.347. The molecule has 1 saturated heterocycles. The monoisotopic (exact) mass is 543 g/mol. The Labute approximate surface area is 225 Å². The molecule has 38 heavy (non-hydrogen) atoms. The van der Waals surface area contributed by atoms with Crippen molar-refractivity contribution in [3.8, 4) is 5.75 Å². The summed E-state index contributed by atoms with van der Waals surface area (Å²) in [6.07, 6.45) is 3.28. The first-order chi connectivity index (χ1) is 18.1. The second-order valence-electron chi connectivity index (χ2n) is 9.51. The molecular weight excluding hydrogens is 509 g/mol. The number of aryl methyl sites for hydroxylation is 2. The van der Waals surface area contributed by atoms with E-state index in [1.807, 2.05) is 18.8 Å². The fourth-order valence-electron chi connectivity index (χ4n) is 4.40. The Kier molecular flexibility index (Phi) is 8.85. The number of carbonyl (C=O) groups is 1. The number of aliphatic hydroxyl groups is 1. The zero-order valence-corrected chi connectivity index (χ0v) is 22.9. The molecule has 204 valence electrons. The Morgan fingerprint density at radius 3 is 2.63 bits per heavy atom. The Balaban J connectivity index is 1.31. The summed E-state index contributed by atoms with van der Waals surface area (Å²) in [6.45, 7) is 3.55. The average Bonchev–Trinajstić information content (AvgIpc) is 2.91. The first-order valence-corrected chi connectivity index (χ1v) is 13.2. The number of hydrogen-bond donors (Lipinski definition) is 3. The number of rotatable bonds is 10. The van der Waals surface area contributed by atoms with Gasteiger partial charge in [0.05, 0.1) is 30.8 Å². The number of benzene rings is 1. The molecule has 1 aliphatic heterocycles. The van der Waals surface area contributed by atoms with Crippen molar-refractivity contribution in [2.24, 2.45) is 20.0 Å². The zero-order chi connectivity index (χ0) is 27.4. The summed E-state index contributed by atoms with van der Waals surface area (Å²) in [6, 6.07) is 5.85. The maximum atomic E-state index is 13.6. The van der Waals surface area contributed by atoms with E-state index in [-0.39, 0.29) is 36.0 Å². The molecule has 1 atom stereocenters. The highest BCUT2D eigenvalue weighted by atomic mass is 32.2. The van der Waals surface area contributed by atoms with Gasteiger partial charge in [0, 0.05) is 40.2 Å². The SMILES string of the molecule is COc1cc(CNC(=O)c2cc(C(=N)CC(O)C3CCN(Sc4cn(C)n4C)CC3)nc(C)n2)ccc1F. The van der Waals surface area contributed by atoms with Crippen LogP contribution in [0.1, 0.15) is 46.8 Å². The summed E-state index contributed by atoms with van der Waals surface area (Å²) >= 11 is 1.73. The number of piperidine rings is 1. The summed E-state index contributed by atoms with van der Waals surface area (Å²) in [7, 11) is 5.41. The molecule has 3 heterocycles. The third-order valence-corrected chi connectivity index (χ3v) is 8.00. The molecule has 1 aliphatic rings. The molecule has 1 aromatic carbocycles. The van der Waals surface area contributed by atoms with Crippen molar-refractivity contribution in [3.63, 3.8) is 0 Å². The molecule has 0 radical (unpaired) electrons. The Morgan fingerprint density at radius 1 is 1.26 bits per heavy atom. The second kappa shape index (κ2) is 12.1. The van der Waals surface area contributed by atoms with E-state index in [1.165, 1.54) is 30.3 Å². The van der Waals surface area contributed by atoms with E-state index in [0.29, 0.717) is 17.1 Å². The van der Waals surface area contributed by atoms with Gasteiger partial charge in [-0.2, -0.15) is 0 Å². The van der Waals surface area contributed by atoms with Crippen LogP contribution in [-0.2, 0) is 20.6 Å². The Bertz CT molecular complexity index is 1300. The minimum atomic E-state index is -0.660. The molecule has 10 nitrogen and oxygen atoms in total. The van der Waals surface area contributed by atoms with Crippen molar-refractivity contribution in [1.29, 1.82) is 5.41 Å². The molecule has 0 aliphatic carbocycles. The van der Waals surface area contributed by atoms with Crippen LogP contribution in [0.3, 0.4) is 0 Å². The lowest BCUT2D eigenvalue weighted by molar-refractivity contribution is 0.0836. The summed E-state index contributed by atoms with van der Waals surface area (Å²) in [5, 5.41) is 23.4. The van der Waals surface area contributed by atoms with Crippen LogP contribution in [0.2, 0.25) is 0 Å². The predicted molar refractivity (Wildman–Crippen MR) is 143 cm³/mol. The van der Waals surface area contributed by atoms with Gasteiger partial charge in [0.15, 0.2) is 11.6 Å². The number of hydrogen-bond acceptors (Lipinski definition) is 8. The lowest BCUT2D eigenvalue weighted by atomic mass is 9.89. The van der Waals surface area contributed by atoms with Crippen molar-refractivity contribution >= 4 is 23.6 Å². The smallest absolute Gasteiger partial charge is 0.270 e. The lowest BCUT2D eigenvalue weighted by Crippen LogP contribution is -2.36. The topological polar surface area (TPSA) is 121 Å². The van der Waals surface area contributed by atoms with Gasteiger partial charge in [-0.25, -0.2) is 18.7 Å². The van der Waals surface area contributed by atoms with Gasteiger partial charge in [-0.3, -0.25) is 14.2 Å². The van der Waals surface area contributed by atoms with E-state index in [4.69, 9.17) is 10.1 Å². The molecule has 3 aromatic rings. The molecular formula is C26H34FN7O3S. The number of halogens is 1. The number of ether oxygens (including phenoxy) is 1. The first-order valence-electron chi connectivity index (χ1n) is 12.5. The molecule has 1 amide bonds. The van der Waals surface area contributed by atoms with Crippen molar-refractivity contribution in [2.75, 3.05) is 20.2 Å². The van der Waals surface area contributed by atoms with Gasteiger partial charge in [0.1, 0.15) is 16.5 Å². The summed E-state index contributed by atoms with van der Waals surface area (Å²) < 4.78 is 25.0. The van der Waals surface area contributed by atoms with Gasteiger partial charge in [0.25, 0.3) is 5.91 Å². The second-order valence-corrected chi connectivity index (χ2v) is 10.6. The van der Waals surface area contributed by atoms with Crippen LogP contribution < -0.4 is 10.1 Å². The maximum absolute atomic E-state index is 13.6. The molecule has 0 spiro atoms. The van der Waals surface area contributed by atoms with Crippen molar-refractivity contribution in [3.05, 3.63) is 59.1 Å². The predicted octanol–water partition coefficient (Wildman–Crippen LogP) is 3.08. The average molecular weight is 544 g/mol. The standard InChI is InChI=1S/C26H34FN7O3S/c1-16-30-21(13-22(31-16)26(36)29-14-17-5-6-19(27)24(11-17)37-4)20(28)12-23(35)18-7-9-34(10-8-18)38-25-15-32(2)33(25)3/h5-6,11,13,15,18,23,28,35H,7-10,12,14H2,1-4H3,(H,29,36). The third kappa shape index (κ3) is 6.61. The van der Waals surface area contributed by atoms with Crippen LogP contribution in [0.25, 0.3) is 0 Å². The first kappa shape index (κ1) is 27.8. The fourth-order valence-corrected chi connectivity index (χ4v) is 5.51. The minimum absolute atomic E-state index is 0.0985. The van der Waals surface area contributed by atoms with Crippen molar-refractivity contribution in [1.82, 2.24) is 29.0 Å². The van der Waals surface area contributed by atoms with Gasteiger partial charge in [-0.1, -0.05) is 6.07 Å².